The Hall–Kier alpha value is -0.370. The molecule has 1 rings (SSSR count). The first-order valence-corrected chi connectivity index (χ1v) is 5.06. The van der Waals surface area contributed by atoms with Gasteiger partial charge in [0.1, 0.15) is 5.78 Å². The predicted octanol–water partition coefficient (Wildman–Crippen LogP) is 1.84. The van der Waals surface area contributed by atoms with Gasteiger partial charge in [-0.05, 0) is 25.9 Å². The van der Waals surface area contributed by atoms with E-state index in [4.69, 9.17) is 0 Å². The lowest BCUT2D eigenvalue weighted by atomic mass is 9.97. The average molecular weight is 169 g/mol. The Morgan fingerprint density at radius 3 is 2.75 bits per heavy atom. The van der Waals surface area contributed by atoms with E-state index in [9.17, 15) is 4.79 Å². The molecule has 0 aromatic rings. The molecule has 0 saturated carbocycles. The van der Waals surface area contributed by atoms with Crippen molar-refractivity contribution in [1.82, 2.24) is 4.90 Å². The lowest BCUT2D eigenvalue weighted by molar-refractivity contribution is -0.125. The molecule has 0 aromatic heterocycles. The van der Waals surface area contributed by atoms with E-state index in [0.717, 1.165) is 19.5 Å². The molecule has 1 unspecified atom stereocenters. The Labute approximate surface area is 74.9 Å². The molecule has 0 aliphatic carbocycles. The maximum absolute atomic E-state index is 11.5. The van der Waals surface area contributed by atoms with Crippen molar-refractivity contribution in [2.75, 3.05) is 13.1 Å². The highest BCUT2D eigenvalue weighted by Crippen LogP contribution is 2.17. The zero-order valence-corrected chi connectivity index (χ0v) is 8.18. The van der Waals surface area contributed by atoms with Crippen LogP contribution in [0.4, 0.5) is 0 Å². The minimum Gasteiger partial charge on any atom is -0.298 e. The standard InChI is InChI=1S/C10H19NO/c1-3-10(12)9-7-5-6-8-11(9)4-2/h9H,3-8H2,1-2H3. The first-order chi connectivity index (χ1) is 5.79. The van der Waals surface area contributed by atoms with Crippen LogP contribution in [0.1, 0.15) is 39.5 Å². The van der Waals surface area contributed by atoms with Gasteiger partial charge >= 0.3 is 0 Å². The Morgan fingerprint density at radius 2 is 2.17 bits per heavy atom. The van der Waals surface area contributed by atoms with Gasteiger partial charge < -0.3 is 0 Å². The second kappa shape index (κ2) is 4.61. The van der Waals surface area contributed by atoms with E-state index in [1.54, 1.807) is 0 Å². The first kappa shape index (κ1) is 9.72. The van der Waals surface area contributed by atoms with Crippen molar-refractivity contribution in [3.8, 4) is 0 Å². The number of hydrogen-bond acceptors (Lipinski definition) is 2. The van der Waals surface area contributed by atoms with E-state index in [-0.39, 0.29) is 6.04 Å². The SMILES string of the molecule is CCC(=O)C1CCCCN1CC. The molecule has 0 amide bonds. The number of rotatable bonds is 3. The number of ketones is 1. The van der Waals surface area contributed by atoms with Crippen LogP contribution in [0.25, 0.3) is 0 Å². The summed E-state index contributed by atoms with van der Waals surface area (Å²) in [5.41, 5.74) is 0. The summed E-state index contributed by atoms with van der Waals surface area (Å²) in [5.74, 6) is 0.427. The summed E-state index contributed by atoms with van der Waals surface area (Å²) in [6.45, 7) is 6.25. The largest absolute Gasteiger partial charge is 0.298 e. The van der Waals surface area contributed by atoms with Crippen molar-refractivity contribution >= 4 is 5.78 Å². The molecule has 0 spiro atoms. The van der Waals surface area contributed by atoms with Crippen molar-refractivity contribution in [3.63, 3.8) is 0 Å². The summed E-state index contributed by atoms with van der Waals surface area (Å²) < 4.78 is 0. The number of likely N-dealkylation sites (N-methyl/N-ethyl adjacent to an activating group) is 1. The van der Waals surface area contributed by atoms with Gasteiger partial charge in [0.15, 0.2) is 0 Å². The molecule has 2 nitrogen and oxygen atoms in total. The van der Waals surface area contributed by atoms with Gasteiger partial charge in [-0.3, -0.25) is 9.69 Å². The summed E-state index contributed by atoms with van der Waals surface area (Å²) in [6, 6.07) is 0.244. The number of hydrogen-bond donors (Lipinski definition) is 0. The Balaban J connectivity index is 2.52. The molecule has 1 aliphatic heterocycles. The second-order valence-corrected chi connectivity index (χ2v) is 3.46. The third-order valence-electron chi connectivity index (χ3n) is 2.74. The molecule has 0 aromatic carbocycles. The maximum atomic E-state index is 11.5. The van der Waals surface area contributed by atoms with Crippen LogP contribution in [-0.4, -0.2) is 29.8 Å². The third-order valence-corrected chi connectivity index (χ3v) is 2.74. The van der Waals surface area contributed by atoms with Gasteiger partial charge in [0.2, 0.25) is 0 Å². The van der Waals surface area contributed by atoms with Crippen LogP contribution in [0.5, 0.6) is 0 Å². The molecular formula is C10H19NO. The maximum Gasteiger partial charge on any atom is 0.149 e. The zero-order chi connectivity index (χ0) is 8.97. The minimum atomic E-state index is 0.244. The molecule has 0 bridgehead atoms. The van der Waals surface area contributed by atoms with Crippen LogP contribution in [0.2, 0.25) is 0 Å². The number of Topliss-reactive ketones (excluding diaryl/α,β-unsaturated/α-hetero) is 1. The van der Waals surface area contributed by atoms with Crippen LogP contribution < -0.4 is 0 Å². The van der Waals surface area contributed by atoms with Crippen molar-refractivity contribution in [1.29, 1.82) is 0 Å². The highest BCUT2D eigenvalue weighted by molar-refractivity contribution is 5.83. The molecule has 2 heteroatoms. The highest BCUT2D eigenvalue weighted by Gasteiger charge is 2.25. The fourth-order valence-electron chi connectivity index (χ4n) is 1.97. The Morgan fingerprint density at radius 1 is 1.42 bits per heavy atom. The van der Waals surface area contributed by atoms with Gasteiger partial charge in [-0.15, -0.1) is 0 Å². The minimum absolute atomic E-state index is 0.244. The number of carbonyl (C=O) groups is 1. The first-order valence-electron chi connectivity index (χ1n) is 5.06. The molecule has 12 heavy (non-hydrogen) atoms. The average Bonchev–Trinajstić information content (AvgIpc) is 2.16. The Bertz CT molecular complexity index is 156. The molecule has 0 radical (unpaired) electrons. The number of piperidine rings is 1. The van der Waals surface area contributed by atoms with Crippen LogP contribution in [0, 0.1) is 0 Å². The third kappa shape index (κ3) is 2.07. The molecule has 1 heterocycles. The van der Waals surface area contributed by atoms with Crippen LogP contribution >= 0.6 is 0 Å². The number of likely N-dealkylation sites (tertiary alicyclic amines) is 1. The topological polar surface area (TPSA) is 20.3 Å². The summed E-state index contributed by atoms with van der Waals surface area (Å²) in [4.78, 5) is 13.8. The molecular weight excluding hydrogens is 150 g/mol. The monoisotopic (exact) mass is 169 g/mol. The van der Waals surface area contributed by atoms with E-state index in [1.807, 2.05) is 6.92 Å². The number of carbonyl (C=O) groups excluding carboxylic acids is 1. The van der Waals surface area contributed by atoms with Gasteiger partial charge in [0, 0.05) is 6.42 Å². The molecule has 1 saturated heterocycles. The van der Waals surface area contributed by atoms with E-state index < -0.39 is 0 Å². The summed E-state index contributed by atoms with van der Waals surface area (Å²) in [7, 11) is 0. The van der Waals surface area contributed by atoms with Gasteiger partial charge in [0.05, 0.1) is 6.04 Å². The second-order valence-electron chi connectivity index (χ2n) is 3.46. The summed E-state index contributed by atoms with van der Waals surface area (Å²) in [6.07, 6.45) is 4.27. The van der Waals surface area contributed by atoms with Gasteiger partial charge in [0.25, 0.3) is 0 Å². The summed E-state index contributed by atoms with van der Waals surface area (Å²) >= 11 is 0. The smallest absolute Gasteiger partial charge is 0.149 e. The van der Waals surface area contributed by atoms with Gasteiger partial charge in [-0.1, -0.05) is 20.3 Å². The van der Waals surface area contributed by atoms with E-state index in [2.05, 4.69) is 11.8 Å². The molecule has 70 valence electrons. The Kier molecular flexibility index (Phi) is 3.73. The fourth-order valence-corrected chi connectivity index (χ4v) is 1.97. The normalized spacial score (nSPS) is 25.7. The molecule has 1 fully saturated rings. The predicted molar refractivity (Wildman–Crippen MR) is 50.2 cm³/mol. The number of nitrogens with zero attached hydrogens (tertiary/aromatic N) is 1. The van der Waals surface area contributed by atoms with E-state index in [1.165, 1.54) is 12.8 Å². The quantitative estimate of drug-likeness (QED) is 0.642. The lowest BCUT2D eigenvalue weighted by Gasteiger charge is -2.33. The highest BCUT2D eigenvalue weighted by atomic mass is 16.1. The molecule has 1 aliphatic rings. The van der Waals surface area contributed by atoms with Gasteiger partial charge in [-0.25, -0.2) is 0 Å². The van der Waals surface area contributed by atoms with Crippen LogP contribution in [0.3, 0.4) is 0 Å². The van der Waals surface area contributed by atoms with Crippen LogP contribution in [-0.2, 0) is 4.79 Å². The van der Waals surface area contributed by atoms with Crippen molar-refractivity contribution in [2.45, 2.75) is 45.6 Å². The van der Waals surface area contributed by atoms with E-state index in [0.29, 0.717) is 12.2 Å². The summed E-state index contributed by atoms with van der Waals surface area (Å²) in [5, 5.41) is 0. The fraction of sp³-hybridized carbons (Fsp3) is 0.900. The van der Waals surface area contributed by atoms with E-state index >= 15 is 0 Å². The lowest BCUT2D eigenvalue weighted by Crippen LogP contribution is -2.44. The van der Waals surface area contributed by atoms with Crippen LogP contribution in [0.15, 0.2) is 0 Å². The molecule has 1 atom stereocenters. The van der Waals surface area contributed by atoms with Crippen molar-refractivity contribution < 1.29 is 4.79 Å². The van der Waals surface area contributed by atoms with Crippen molar-refractivity contribution in [2.24, 2.45) is 0 Å². The zero-order valence-electron chi connectivity index (χ0n) is 8.18. The van der Waals surface area contributed by atoms with Gasteiger partial charge in [-0.2, -0.15) is 0 Å². The van der Waals surface area contributed by atoms with Crippen molar-refractivity contribution in [3.05, 3.63) is 0 Å². The molecule has 0 N–H and O–H groups in total.